The molecule has 2 aromatic carbocycles. The number of likely N-dealkylation sites (tertiary alicyclic amines) is 1. The molecule has 7 heteroatoms. The van der Waals surface area contributed by atoms with Gasteiger partial charge in [-0.25, -0.2) is 0 Å². The Morgan fingerprint density at radius 2 is 1.74 bits per heavy atom. The van der Waals surface area contributed by atoms with E-state index in [-0.39, 0.29) is 5.41 Å². The van der Waals surface area contributed by atoms with Crippen molar-refractivity contribution in [2.24, 2.45) is 5.41 Å². The minimum Gasteiger partial charge on any atom is -0.367 e. The van der Waals surface area contributed by atoms with Crippen molar-refractivity contribution in [3.63, 3.8) is 0 Å². The molecule has 1 unspecified atom stereocenters. The van der Waals surface area contributed by atoms with Gasteiger partial charge in [-0.05, 0) is 55.1 Å². The number of thiocarbonyl (C=S) groups is 1. The van der Waals surface area contributed by atoms with Crippen LogP contribution in [0.1, 0.15) is 50.8 Å². The average Bonchev–Trinajstić information content (AvgIpc) is 3.34. The predicted octanol–water partition coefficient (Wildman–Crippen LogP) is 5.38. The summed E-state index contributed by atoms with van der Waals surface area (Å²) in [5, 5.41) is 19.9. The number of hydrogen-bond acceptors (Lipinski definition) is 5. The van der Waals surface area contributed by atoms with Crippen molar-refractivity contribution >= 4 is 28.7 Å². The molecule has 0 saturated carbocycles. The first-order chi connectivity index (χ1) is 16.6. The van der Waals surface area contributed by atoms with Gasteiger partial charge in [0, 0.05) is 31.9 Å². The van der Waals surface area contributed by atoms with Crippen molar-refractivity contribution in [3.05, 3.63) is 77.1 Å². The fraction of sp³-hybridized carbons (Fsp3) is 0.429. The van der Waals surface area contributed by atoms with E-state index in [1.807, 2.05) is 47.4 Å². The first-order valence-corrected chi connectivity index (χ1v) is 12.8. The molecule has 1 atom stereocenters. The van der Waals surface area contributed by atoms with Crippen LogP contribution in [-0.2, 0) is 6.54 Å². The Hall–Kier alpha value is -2.90. The molecule has 2 saturated heterocycles. The third-order valence-corrected chi connectivity index (χ3v) is 7.10. The lowest BCUT2D eigenvalue weighted by atomic mass is 9.96. The molecular formula is C28H38N6S. The molecule has 2 fully saturated rings. The third kappa shape index (κ3) is 5.85. The van der Waals surface area contributed by atoms with Crippen LogP contribution in [-0.4, -0.2) is 52.9 Å². The van der Waals surface area contributed by atoms with Crippen molar-refractivity contribution in [1.82, 2.24) is 20.2 Å². The number of benzene rings is 2. The Bertz CT molecular complexity index is 1090. The van der Waals surface area contributed by atoms with Gasteiger partial charge < -0.3 is 10.6 Å². The zero-order chi connectivity index (χ0) is 25.2. The Kier molecular flexibility index (Phi) is 7.47. The van der Waals surface area contributed by atoms with Crippen LogP contribution in [0.15, 0.2) is 66.0 Å². The highest BCUT2D eigenvalue weighted by Crippen LogP contribution is 2.31. The largest absolute Gasteiger partial charge is 0.367 e. The van der Waals surface area contributed by atoms with Gasteiger partial charge in [0.15, 0.2) is 5.84 Å². The number of para-hydroxylation sites is 1. The quantitative estimate of drug-likeness (QED) is 0.358. The minimum absolute atomic E-state index is 0.0290. The Morgan fingerprint density at radius 1 is 1.06 bits per heavy atom. The molecule has 0 aromatic heterocycles. The van der Waals surface area contributed by atoms with Crippen molar-refractivity contribution < 1.29 is 0 Å². The number of amidine groups is 1. The summed E-state index contributed by atoms with van der Waals surface area (Å²) in [5.74, 6) is 1.17. The maximum Gasteiger partial charge on any atom is 0.153 e. The maximum atomic E-state index is 8.98. The lowest BCUT2D eigenvalue weighted by Crippen LogP contribution is -2.42. The number of anilines is 1. The van der Waals surface area contributed by atoms with Crippen molar-refractivity contribution in [3.8, 4) is 0 Å². The number of nitrogens with one attached hydrogen (secondary N) is 3. The SMILES string of the molecule is CN1CCCC1c1ccc(CN/C(Nc2ccccc2)=C2\C(=N)N(CC(C)(C)C)N(C)C2=S)cc1. The summed E-state index contributed by atoms with van der Waals surface area (Å²) in [6, 6.07) is 19.5. The van der Waals surface area contributed by atoms with E-state index in [4.69, 9.17) is 17.6 Å². The van der Waals surface area contributed by atoms with E-state index in [1.165, 1.54) is 30.5 Å². The normalized spacial score (nSPS) is 20.5. The first kappa shape index (κ1) is 25.2. The second-order valence-electron chi connectivity index (χ2n) is 10.8. The monoisotopic (exact) mass is 490 g/mol. The molecule has 2 aliphatic rings. The van der Waals surface area contributed by atoms with Crippen LogP contribution in [0, 0.1) is 10.8 Å². The molecule has 4 rings (SSSR count). The summed E-state index contributed by atoms with van der Waals surface area (Å²) in [4.78, 5) is 3.08. The van der Waals surface area contributed by atoms with E-state index in [2.05, 4.69) is 67.6 Å². The first-order valence-electron chi connectivity index (χ1n) is 12.4. The van der Waals surface area contributed by atoms with Crippen LogP contribution in [0.25, 0.3) is 0 Å². The topological polar surface area (TPSA) is 57.6 Å². The molecule has 2 heterocycles. The summed E-state index contributed by atoms with van der Waals surface area (Å²) < 4.78 is 0. The molecule has 0 amide bonds. The van der Waals surface area contributed by atoms with Crippen LogP contribution in [0.4, 0.5) is 5.69 Å². The number of rotatable bonds is 7. The lowest BCUT2D eigenvalue weighted by Gasteiger charge is -2.32. The van der Waals surface area contributed by atoms with E-state index in [0.717, 1.165) is 17.1 Å². The van der Waals surface area contributed by atoms with Gasteiger partial charge in [0.05, 0.1) is 5.57 Å². The smallest absolute Gasteiger partial charge is 0.153 e. The standard InChI is InChI=1S/C28H38N6S/c1-28(2,3)19-34-25(29)24(27(35)33(34)5)26(31-22-10-7-6-8-11-22)30-18-20-13-15-21(16-14-20)23-12-9-17-32(23)4/h6-8,10-11,13-16,23,29-31H,9,12,17-19H2,1-5H3/b26-24-,29-25?. The Balaban J connectivity index is 1.58. The zero-order valence-corrected chi connectivity index (χ0v) is 22.4. The van der Waals surface area contributed by atoms with Crippen LogP contribution in [0.5, 0.6) is 0 Å². The van der Waals surface area contributed by atoms with Crippen LogP contribution < -0.4 is 10.6 Å². The lowest BCUT2D eigenvalue weighted by molar-refractivity contribution is 0.129. The van der Waals surface area contributed by atoms with Crippen molar-refractivity contribution in [2.45, 2.75) is 46.2 Å². The molecular weight excluding hydrogens is 452 g/mol. The molecule has 0 bridgehead atoms. The van der Waals surface area contributed by atoms with Gasteiger partial charge in [0.25, 0.3) is 0 Å². The number of hydrogen-bond donors (Lipinski definition) is 3. The number of hydrazine groups is 1. The third-order valence-electron chi connectivity index (χ3n) is 6.64. The highest BCUT2D eigenvalue weighted by atomic mass is 32.1. The van der Waals surface area contributed by atoms with Gasteiger partial charge in [0.2, 0.25) is 0 Å². The van der Waals surface area contributed by atoms with E-state index < -0.39 is 0 Å². The number of nitrogens with zero attached hydrogens (tertiary/aromatic N) is 3. The fourth-order valence-electron chi connectivity index (χ4n) is 4.75. The van der Waals surface area contributed by atoms with Crippen LogP contribution >= 0.6 is 12.2 Å². The summed E-state index contributed by atoms with van der Waals surface area (Å²) in [7, 11) is 4.15. The molecule has 0 spiro atoms. The van der Waals surface area contributed by atoms with Crippen LogP contribution in [0.2, 0.25) is 0 Å². The zero-order valence-electron chi connectivity index (χ0n) is 21.6. The second kappa shape index (κ2) is 10.4. The molecule has 186 valence electrons. The van der Waals surface area contributed by atoms with Gasteiger partial charge in [-0.3, -0.25) is 20.3 Å². The van der Waals surface area contributed by atoms with E-state index in [0.29, 0.717) is 30.0 Å². The molecule has 0 radical (unpaired) electrons. The Morgan fingerprint density at radius 3 is 2.34 bits per heavy atom. The molecule has 6 nitrogen and oxygen atoms in total. The molecule has 3 N–H and O–H groups in total. The highest BCUT2D eigenvalue weighted by molar-refractivity contribution is 7.80. The van der Waals surface area contributed by atoms with Gasteiger partial charge in [0.1, 0.15) is 10.8 Å². The highest BCUT2D eigenvalue weighted by Gasteiger charge is 2.37. The van der Waals surface area contributed by atoms with Crippen LogP contribution in [0.3, 0.4) is 0 Å². The van der Waals surface area contributed by atoms with Gasteiger partial charge in [-0.15, -0.1) is 0 Å². The molecule has 0 aliphatic carbocycles. The van der Waals surface area contributed by atoms with Gasteiger partial charge in [-0.1, -0.05) is 75.5 Å². The summed E-state index contributed by atoms with van der Waals surface area (Å²) >= 11 is 5.82. The van der Waals surface area contributed by atoms with Gasteiger partial charge in [-0.2, -0.15) is 0 Å². The molecule has 2 aromatic rings. The predicted molar refractivity (Wildman–Crippen MR) is 149 cm³/mol. The fourth-order valence-corrected chi connectivity index (χ4v) is 5.05. The minimum atomic E-state index is 0.0290. The maximum absolute atomic E-state index is 8.98. The van der Waals surface area contributed by atoms with E-state index >= 15 is 0 Å². The van der Waals surface area contributed by atoms with Crippen molar-refractivity contribution in [1.29, 1.82) is 5.41 Å². The summed E-state index contributed by atoms with van der Waals surface area (Å²) in [6.45, 7) is 9.04. The average molecular weight is 491 g/mol. The molecule has 35 heavy (non-hydrogen) atoms. The second-order valence-corrected chi connectivity index (χ2v) is 11.2. The summed E-state index contributed by atoms with van der Waals surface area (Å²) in [5.41, 5.74) is 4.28. The van der Waals surface area contributed by atoms with E-state index in [9.17, 15) is 0 Å². The number of likely N-dealkylation sites (N-methyl/N-ethyl adjacent to an activating group) is 1. The van der Waals surface area contributed by atoms with E-state index in [1.54, 1.807) is 0 Å². The van der Waals surface area contributed by atoms with Gasteiger partial charge >= 0.3 is 0 Å². The molecule has 2 aliphatic heterocycles. The van der Waals surface area contributed by atoms with Crippen molar-refractivity contribution in [2.75, 3.05) is 32.5 Å². The Labute approximate surface area is 215 Å². The summed E-state index contributed by atoms with van der Waals surface area (Å²) in [6.07, 6.45) is 2.49.